The fraction of sp³-hybridized carbons (Fsp3) is 0.214. The molecule has 0 fully saturated rings. The van der Waals surface area contributed by atoms with Crippen molar-refractivity contribution in [3.63, 3.8) is 0 Å². The first kappa shape index (κ1) is 14.3. The molecule has 1 N–H and O–H groups in total. The van der Waals surface area contributed by atoms with Crippen LogP contribution in [0.1, 0.15) is 16.2 Å². The zero-order chi connectivity index (χ0) is 14.9. The van der Waals surface area contributed by atoms with E-state index in [1.54, 1.807) is 50.2 Å². The Hall–Kier alpha value is -2.14. The normalized spacial score (nSPS) is 10.4. The Labute approximate surface area is 121 Å². The molecule has 0 aliphatic heterocycles. The molecule has 0 radical (unpaired) electrons. The van der Waals surface area contributed by atoms with Gasteiger partial charge in [-0.15, -0.1) is 0 Å². The summed E-state index contributed by atoms with van der Waals surface area (Å²) in [5.41, 5.74) is 1.60. The SMILES string of the molecule is Cc1nc(N(C)C)nc(C(=O)O)c1-c1ccccc1Cl. The summed E-state index contributed by atoms with van der Waals surface area (Å²) in [7, 11) is 3.52. The first-order valence-corrected chi connectivity index (χ1v) is 6.33. The van der Waals surface area contributed by atoms with E-state index in [-0.39, 0.29) is 5.69 Å². The van der Waals surface area contributed by atoms with Crippen molar-refractivity contribution in [3.05, 3.63) is 40.7 Å². The van der Waals surface area contributed by atoms with Gasteiger partial charge in [-0.1, -0.05) is 29.8 Å². The molecule has 0 saturated carbocycles. The van der Waals surface area contributed by atoms with Crippen LogP contribution < -0.4 is 4.90 Å². The molecule has 0 bridgehead atoms. The summed E-state index contributed by atoms with van der Waals surface area (Å²) in [4.78, 5) is 21.6. The Kier molecular flexibility index (Phi) is 3.90. The van der Waals surface area contributed by atoms with Crippen LogP contribution in [0, 0.1) is 6.92 Å². The van der Waals surface area contributed by atoms with Gasteiger partial charge in [0.2, 0.25) is 5.95 Å². The second-order valence-corrected chi connectivity index (χ2v) is 4.92. The van der Waals surface area contributed by atoms with Crippen LogP contribution in [0.15, 0.2) is 24.3 Å². The highest BCUT2D eigenvalue weighted by Crippen LogP contribution is 2.32. The highest BCUT2D eigenvalue weighted by atomic mass is 35.5. The number of anilines is 1. The van der Waals surface area contributed by atoms with Crippen molar-refractivity contribution >= 4 is 23.5 Å². The van der Waals surface area contributed by atoms with Gasteiger partial charge in [0.15, 0.2) is 5.69 Å². The number of benzene rings is 1. The number of halogens is 1. The van der Waals surface area contributed by atoms with E-state index >= 15 is 0 Å². The lowest BCUT2D eigenvalue weighted by Gasteiger charge is -2.15. The van der Waals surface area contributed by atoms with Crippen LogP contribution in [0.2, 0.25) is 5.02 Å². The molecule has 2 rings (SSSR count). The minimum atomic E-state index is -1.10. The lowest BCUT2D eigenvalue weighted by molar-refractivity contribution is 0.0691. The predicted octanol–water partition coefficient (Wildman–Crippen LogP) is 2.87. The number of aromatic carboxylic acids is 1. The van der Waals surface area contributed by atoms with Gasteiger partial charge in [0.05, 0.1) is 5.69 Å². The summed E-state index contributed by atoms with van der Waals surface area (Å²) in [6.45, 7) is 1.75. The number of hydrogen-bond donors (Lipinski definition) is 1. The van der Waals surface area contributed by atoms with E-state index < -0.39 is 5.97 Å². The summed E-state index contributed by atoms with van der Waals surface area (Å²) < 4.78 is 0. The first-order chi connectivity index (χ1) is 9.41. The average Bonchev–Trinajstić information content (AvgIpc) is 2.38. The van der Waals surface area contributed by atoms with Crippen molar-refractivity contribution in [3.8, 4) is 11.1 Å². The molecule has 0 aliphatic carbocycles. The molecule has 0 amide bonds. The van der Waals surface area contributed by atoms with Gasteiger partial charge >= 0.3 is 5.97 Å². The third-order valence-corrected chi connectivity index (χ3v) is 3.15. The van der Waals surface area contributed by atoms with Gasteiger partial charge in [-0.25, -0.2) is 14.8 Å². The number of aryl methyl sites for hydroxylation is 1. The minimum absolute atomic E-state index is 0.0469. The van der Waals surface area contributed by atoms with E-state index in [4.69, 9.17) is 11.6 Å². The summed E-state index contributed by atoms with van der Waals surface area (Å²) in [6.07, 6.45) is 0. The molecular formula is C14H14ClN3O2. The van der Waals surface area contributed by atoms with E-state index in [0.29, 0.717) is 27.8 Å². The highest BCUT2D eigenvalue weighted by Gasteiger charge is 2.21. The van der Waals surface area contributed by atoms with Gasteiger partial charge in [-0.05, 0) is 13.0 Å². The summed E-state index contributed by atoms with van der Waals surface area (Å²) in [5.74, 6) is -0.746. The molecule has 1 aromatic carbocycles. The number of carboxylic acids is 1. The van der Waals surface area contributed by atoms with Crippen molar-refractivity contribution in [1.29, 1.82) is 0 Å². The van der Waals surface area contributed by atoms with Crippen LogP contribution in [-0.2, 0) is 0 Å². The van der Waals surface area contributed by atoms with Crippen LogP contribution in [0.4, 0.5) is 5.95 Å². The topological polar surface area (TPSA) is 66.3 Å². The number of rotatable bonds is 3. The van der Waals surface area contributed by atoms with Gasteiger partial charge in [-0.3, -0.25) is 0 Å². The van der Waals surface area contributed by atoms with Crippen LogP contribution in [0.3, 0.4) is 0 Å². The van der Waals surface area contributed by atoms with Crippen molar-refractivity contribution in [2.75, 3.05) is 19.0 Å². The number of hydrogen-bond acceptors (Lipinski definition) is 4. The van der Waals surface area contributed by atoms with Crippen molar-refractivity contribution in [2.45, 2.75) is 6.92 Å². The Balaban J connectivity index is 2.76. The fourth-order valence-corrected chi connectivity index (χ4v) is 2.13. The standard InChI is InChI=1S/C14H14ClN3O2/c1-8-11(9-6-4-5-7-10(9)15)12(13(19)20)17-14(16-8)18(2)3/h4-7H,1-3H3,(H,19,20). The fourth-order valence-electron chi connectivity index (χ4n) is 1.90. The van der Waals surface area contributed by atoms with Gasteiger partial charge in [0.25, 0.3) is 0 Å². The first-order valence-electron chi connectivity index (χ1n) is 5.96. The third-order valence-electron chi connectivity index (χ3n) is 2.82. The Morgan fingerprint density at radius 1 is 1.25 bits per heavy atom. The largest absolute Gasteiger partial charge is 0.476 e. The second-order valence-electron chi connectivity index (χ2n) is 4.51. The molecule has 5 nitrogen and oxygen atoms in total. The third kappa shape index (κ3) is 2.58. The number of carboxylic acid groups (broad SMARTS) is 1. The maximum Gasteiger partial charge on any atom is 0.355 e. The Morgan fingerprint density at radius 2 is 1.90 bits per heavy atom. The molecule has 0 spiro atoms. The summed E-state index contributed by atoms with van der Waals surface area (Å²) >= 11 is 6.15. The van der Waals surface area contributed by atoms with Gasteiger partial charge < -0.3 is 10.0 Å². The van der Waals surface area contributed by atoms with Crippen LogP contribution in [0.5, 0.6) is 0 Å². The molecule has 20 heavy (non-hydrogen) atoms. The number of carbonyl (C=O) groups is 1. The lowest BCUT2D eigenvalue weighted by atomic mass is 10.0. The van der Waals surface area contributed by atoms with Gasteiger partial charge in [0.1, 0.15) is 0 Å². The maximum atomic E-state index is 11.5. The lowest BCUT2D eigenvalue weighted by Crippen LogP contribution is -2.17. The smallest absolute Gasteiger partial charge is 0.355 e. The Bertz CT molecular complexity index is 671. The van der Waals surface area contributed by atoms with E-state index in [2.05, 4.69) is 9.97 Å². The van der Waals surface area contributed by atoms with Crippen LogP contribution in [0.25, 0.3) is 11.1 Å². The molecule has 0 saturated heterocycles. The minimum Gasteiger partial charge on any atom is -0.476 e. The van der Waals surface area contributed by atoms with E-state index in [1.165, 1.54) is 0 Å². The van der Waals surface area contributed by atoms with Crippen LogP contribution >= 0.6 is 11.6 Å². The number of nitrogens with zero attached hydrogens (tertiary/aromatic N) is 3. The van der Waals surface area contributed by atoms with Crippen LogP contribution in [-0.4, -0.2) is 35.1 Å². The van der Waals surface area contributed by atoms with E-state index in [9.17, 15) is 9.90 Å². The molecule has 2 aromatic rings. The summed E-state index contributed by atoms with van der Waals surface area (Å²) in [5, 5.41) is 9.87. The highest BCUT2D eigenvalue weighted by molar-refractivity contribution is 6.33. The van der Waals surface area contributed by atoms with Gasteiger partial charge in [-0.2, -0.15) is 0 Å². The zero-order valence-electron chi connectivity index (χ0n) is 11.4. The van der Waals surface area contributed by atoms with Crippen molar-refractivity contribution in [1.82, 2.24) is 9.97 Å². The monoisotopic (exact) mass is 291 g/mol. The molecule has 0 aliphatic rings. The molecule has 104 valence electrons. The molecule has 0 unspecified atom stereocenters. The molecule has 1 aromatic heterocycles. The zero-order valence-corrected chi connectivity index (χ0v) is 12.1. The molecular weight excluding hydrogens is 278 g/mol. The molecule has 6 heteroatoms. The van der Waals surface area contributed by atoms with Crippen molar-refractivity contribution < 1.29 is 9.90 Å². The average molecular weight is 292 g/mol. The second kappa shape index (κ2) is 5.46. The molecule has 0 atom stereocenters. The quantitative estimate of drug-likeness (QED) is 0.942. The predicted molar refractivity (Wildman–Crippen MR) is 78.5 cm³/mol. The number of aromatic nitrogens is 2. The van der Waals surface area contributed by atoms with Gasteiger partial charge in [0, 0.05) is 30.2 Å². The van der Waals surface area contributed by atoms with E-state index in [0.717, 1.165) is 0 Å². The molecule has 1 heterocycles. The van der Waals surface area contributed by atoms with E-state index in [1.807, 2.05) is 0 Å². The van der Waals surface area contributed by atoms with Crippen molar-refractivity contribution in [2.24, 2.45) is 0 Å². The maximum absolute atomic E-state index is 11.5. The Morgan fingerprint density at radius 3 is 2.45 bits per heavy atom. The summed E-state index contributed by atoms with van der Waals surface area (Å²) in [6, 6.07) is 7.06.